The van der Waals surface area contributed by atoms with Crippen LogP contribution in [0.4, 0.5) is 6.01 Å². The van der Waals surface area contributed by atoms with Gasteiger partial charge in [-0.1, -0.05) is 6.07 Å². The third kappa shape index (κ3) is 2.25. The molecule has 0 saturated heterocycles. The predicted octanol–water partition coefficient (Wildman–Crippen LogP) is 2.01. The van der Waals surface area contributed by atoms with E-state index in [0.717, 1.165) is 29.2 Å². The molecule has 0 saturated carbocycles. The molecule has 1 aliphatic heterocycles. The second-order valence-corrected chi connectivity index (χ2v) is 4.19. The van der Waals surface area contributed by atoms with Gasteiger partial charge in [0, 0.05) is 12.8 Å². The maximum absolute atomic E-state index is 5.64. The second kappa shape index (κ2) is 4.60. The molecule has 0 fully saturated rings. The summed E-state index contributed by atoms with van der Waals surface area (Å²) in [5.41, 5.74) is 7.34. The smallest absolute Gasteiger partial charge is 0.292 e. The van der Waals surface area contributed by atoms with Crippen LogP contribution in [0.2, 0.25) is 0 Å². The number of nitrogens with zero attached hydrogens (tertiary/aromatic N) is 1. The molecule has 5 heteroatoms. The van der Waals surface area contributed by atoms with Gasteiger partial charge in [0.15, 0.2) is 11.5 Å². The van der Waals surface area contributed by atoms with Crippen molar-refractivity contribution < 1.29 is 13.9 Å². The summed E-state index contributed by atoms with van der Waals surface area (Å²) in [4.78, 5) is 4.08. The van der Waals surface area contributed by atoms with Crippen molar-refractivity contribution in [2.75, 3.05) is 18.9 Å². The van der Waals surface area contributed by atoms with Gasteiger partial charge in [0.05, 0.1) is 18.9 Å². The van der Waals surface area contributed by atoms with Gasteiger partial charge in [-0.2, -0.15) is 4.98 Å². The molecular weight excluding hydrogens is 232 g/mol. The highest BCUT2D eigenvalue weighted by Crippen LogP contribution is 2.31. The molecule has 0 atom stereocenters. The third-order valence-corrected chi connectivity index (χ3v) is 2.77. The van der Waals surface area contributed by atoms with Gasteiger partial charge in [0.2, 0.25) is 0 Å². The lowest BCUT2D eigenvalue weighted by Crippen LogP contribution is -1.97. The fraction of sp³-hybridized carbons (Fsp3) is 0.308. The summed E-state index contributed by atoms with van der Waals surface area (Å²) in [6.45, 7) is 1.39. The molecule has 1 aromatic carbocycles. The normalized spacial score (nSPS) is 14.2. The van der Waals surface area contributed by atoms with E-state index < -0.39 is 0 Å². The Morgan fingerprint density at radius 2 is 2.00 bits per heavy atom. The van der Waals surface area contributed by atoms with Crippen LogP contribution in [0.5, 0.6) is 11.5 Å². The van der Waals surface area contributed by atoms with E-state index in [-0.39, 0.29) is 6.01 Å². The number of nitrogen functional groups attached to an aromatic ring is 1. The number of fused-ring (bicyclic) bond motifs is 1. The van der Waals surface area contributed by atoms with Crippen molar-refractivity contribution in [3.63, 3.8) is 0 Å². The molecule has 0 aliphatic carbocycles. The zero-order valence-electron chi connectivity index (χ0n) is 9.89. The van der Waals surface area contributed by atoms with Crippen LogP contribution >= 0.6 is 0 Å². The summed E-state index contributed by atoms with van der Waals surface area (Å²) in [7, 11) is 0. The molecule has 1 aliphatic rings. The highest BCUT2D eigenvalue weighted by molar-refractivity contribution is 5.44. The van der Waals surface area contributed by atoms with Crippen LogP contribution in [-0.2, 0) is 6.42 Å². The average Bonchev–Trinajstić information content (AvgIpc) is 2.64. The number of aromatic nitrogens is 1. The van der Waals surface area contributed by atoms with Crippen LogP contribution in [0, 0.1) is 0 Å². The van der Waals surface area contributed by atoms with Crippen LogP contribution in [0.15, 0.2) is 28.9 Å². The first-order chi connectivity index (χ1) is 8.81. The molecule has 2 aromatic rings. The van der Waals surface area contributed by atoms with Crippen LogP contribution in [0.25, 0.3) is 0 Å². The van der Waals surface area contributed by atoms with Crippen LogP contribution in [0.3, 0.4) is 0 Å². The molecular formula is C13H14N2O3. The summed E-state index contributed by atoms with van der Waals surface area (Å²) in [5, 5.41) is 0. The fourth-order valence-corrected chi connectivity index (χ4v) is 1.93. The SMILES string of the molecule is Nc1nc(Cc2ccc3c(c2)OCCCO3)co1. The van der Waals surface area contributed by atoms with E-state index in [1.54, 1.807) is 6.26 Å². The van der Waals surface area contributed by atoms with Crippen molar-refractivity contribution in [1.29, 1.82) is 0 Å². The molecule has 0 bridgehead atoms. The van der Waals surface area contributed by atoms with Gasteiger partial charge in [-0.15, -0.1) is 0 Å². The van der Waals surface area contributed by atoms with Gasteiger partial charge in [-0.3, -0.25) is 0 Å². The van der Waals surface area contributed by atoms with Crippen LogP contribution in [0.1, 0.15) is 17.7 Å². The number of benzene rings is 1. The maximum atomic E-state index is 5.64. The lowest BCUT2D eigenvalue weighted by atomic mass is 10.1. The maximum Gasteiger partial charge on any atom is 0.292 e. The largest absolute Gasteiger partial charge is 0.490 e. The first kappa shape index (κ1) is 11.0. The predicted molar refractivity (Wildman–Crippen MR) is 65.8 cm³/mol. The highest BCUT2D eigenvalue weighted by atomic mass is 16.5. The van der Waals surface area contributed by atoms with Crippen LogP contribution < -0.4 is 15.2 Å². The Hall–Kier alpha value is -2.17. The molecule has 0 unspecified atom stereocenters. The molecule has 0 spiro atoms. The first-order valence-electron chi connectivity index (χ1n) is 5.90. The average molecular weight is 246 g/mol. The fourth-order valence-electron chi connectivity index (χ4n) is 1.93. The van der Waals surface area contributed by atoms with E-state index in [2.05, 4.69) is 4.98 Å². The van der Waals surface area contributed by atoms with Gasteiger partial charge < -0.3 is 19.6 Å². The molecule has 1 aromatic heterocycles. The van der Waals surface area contributed by atoms with Crippen molar-refractivity contribution in [1.82, 2.24) is 4.98 Å². The summed E-state index contributed by atoms with van der Waals surface area (Å²) >= 11 is 0. The molecule has 3 rings (SSSR count). The second-order valence-electron chi connectivity index (χ2n) is 4.19. The quantitative estimate of drug-likeness (QED) is 0.877. The lowest BCUT2D eigenvalue weighted by Gasteiger charge is -2.08. The minimum Gasteiger partial charge on any atom is -0.490 e. The zero-order chi connectivity index (χ0) is 12.4. The highest BCUT2D eigenvalue weighted by Gasteiger charge is 2.11. The molecule has 2 heterocycles. The summed E-state index contributed by atoms with van der Waals surface area (Å²) in [6.07, 6.45) is 3.14. The minimum absolute atomic E-state index is 0.194. The van der Waals surface area contributed by atoms with Crippen molar-refractivity contribution in [3.8, 4) is 11.5 Å². The van der Waals surface area contributed by atoms with E-state index in [1.807, 2.05) is 18.2 Å². The Kier molecular flexibility index (Phi) is 2.80. The van der Waals surface area contributed by atoms with Gasteiger partial charge in [-0.25, -0.2) is 0 Å². The Morgan fingerprint density at radius 1 is 1.17 bits per heavy atom. The Morgan fingerprint density at radius 3 is 2.78 bits per heavy atom. The van der Waals surface area contributed by atoms with Gasteiger partial charge >= 0.3 is 0 Å². The van der Waals surface area contributed by atoms with Crippen molar-refractivity contribution in [2.24, 2.45) is 0 Å². The van der Waals surface area contributed by atoms with E-state index >= 15 is 0 Å². The number of rotatable bonds is 2. The van der Waals surface area contributed by atoms with Crippen molar-refractivity contribution in [3.05, 3.63) is 35.7 Å². The Bertz CT molecular complexity index is 551. The molecule has 18 heavy (non-hydrogen) atoms. The van der Waals surface area contributed by atoms with Gasteiger partial charge in [-0.05, 0) is 17.7 Å². The number of oxazole rings is 1. The Labute approximate surface area is 105 Å². The minimum atomic E-state index is 0.194. The van der Waals surface area contributed by atoms with Crippen molar-refractivity contribution >= 4 is 6.01 Å². The van der Waals surface area contributed by atoms with Gasteiger partial charge in [0.1, 0.15) is 6.26 Å². The van der Waals surface area contributed by atoms with Crippen LogP contribution in [-0.4, -0.2) is 18.2 Å². The standard InChI is InChI=1S/C13H14N2O3/c14-13-15-10(8-18-13)6-9-2-3-11-12(7-9)17-5-1-4-16-11/h2-3,7-8H,1,4-6H2,(H2,14,15). The number of hydrogen-bond acceptors (Lipinski definition) is 5. The van der Waals surface area contributed by atoms with Gasteiger partial charge in [0.25, 0.3) is 6.01 Å². The zero-order valence-corrected chi connectivity index (χ0v) is 9.89. The summed E-state index contributed by atoms with van der Waals surface area (Å²) < 4.78 is 16.2. The number of nitrogens with two attached hydrogens (primary N) is 1. The van der Waals surface area contributed by atoms with E-state index in [9.17, 15) is 0 Å². The lowest BCUT2D eigenvalue weighted by molar-refractivity contribution is 0.297. The van der Waals surface area contributed by atoms with E-state index in [4.69, 9.17) is 19.6 Å². The summed E-state index contributed by atoms with van der Waals surface area (Å²) in [5.74, 6) is 1.59. The number of anilines is 1. The van der Waals surface area contributed by atoms with E-state index in [0.29, 0.717) is 19.6 Å². The number of ether oxygens (including phenoxy) is 2. The topological polar surface area (TPSA) is 70.5 Å². The monoisotopic (exact) mass is 246 g/mol. The first-order valence-corrected chi connectivity index (χ1v) is 5.90. The molecule has 2 N–H and O–H groups in total. The molecule has 94 valence electrons. The molecule has 0 amide bonds. The third-order valence-electron chi connectivity index (χ3n) is 2.77. The number of hydrogen-bond donors (Lipinski definition) is 1. The van der Waals surface area contributed by atoms with E-state index in [1.165, 1.54) is 0 Å². The molecule has 5 nitrogen and oxygen atoms in total. The summed E-state index contributed by atoms with van der Waals surface area (Å²) in [6, 6.07) is 6.10. The Balaban J connectivity index is 1.83. The molecule has 0 radical (unpaired) electrons. The van der Waals surface area contributed by atoms with Crippen molar-refractivity contribution in [2.45, 2.75) is 12.8 Å².